The number of aryl methyl sites for hydroxylation is 2. The average molecular weight is 467 g/mol. The zero-order valence-corrected chi connectivity index (χ0v) is 18.6. The molecule has 9 heteroatoms. The largest absolute Gasteiger partial charge is 0.444 e. The number of nitrogens with zero attached hydrogens (tertiary/aromatic N) is 2. The van der Waals surface area contributed by atoms with Crippen LogP contribution in [0.25, 0.3) is 10.9 Å². The number of rotatable bonds is 5. The smallest absolute Gasteiger partial charge is 0.411 e. The van der Waals surface area contributed by atoms with E-state index in [1.165, 1.54) is 22.9 Å². The molecule has 4 rings (SSSR count). The van der Waals surface area contributed by atoms with E-state index in [0.717, 1.165) is 11.1 Å². The van der Waals surface area contributed by atoms with Crippen molar-refractivity contribution >= 4 is 45.9 Å². The summed E-state index contributed by atoms with van der Waals surface area (Å²) in [5, 5.41) is 10.1. The molecule has 7 nitrogen and oxygen atoms in total. The lowest BCUT2D eigenvalue weighted by Gasteiger charge is -2.09. The van der Waals surface area contributed by atoms with Gasteiger partial charge in [0.1, 0.15) is 18.1 Å². The molecule has 0 saturated carbocycles. The van der Waals surface area contributed by atoms with Gasteiger partial charge in [-0.1, -0.05) is 41.4 Å². The van der Waals surface area contributed by atoms with E-state index in [2.05, 4.69) is 15.7 Å². The van der Waals surface area contributed by atoms with Gasteiger partial charge >= 0.3 is 6.09 Å². The average Bonchev–Trinajstić information content (AvgIpc) is 3.11. The van der Waals surface area contributed by atoms with Crippen molar-refractivity contribution in [3.05, 3.63) is 88.3 Å². The minimum absolute atomic E-state index is 0.0988. The van der Waals surface area contributed by atoms with Gasteiger partial charge in [-0.05, 0) is 48.9 Å². The van der Waals surface area contributed by atoms with Crippen LogP contribution in [0.15, 0.2) is 60.7 Å². The van der Waals surface area contributed by atoms with Crippen LogP contribution in [0.5, 0.6) is 0 Å². The molecule has 0 unspecified atom stereocenters. The molecule has 1 aromatic heterocycles. The first-order valence-corrected chi connectivity index (χ1v) is 10.4. The van der Waals surface area contributed by atoms with Gasteiger partial charge in [-0.25, -0.2) is 9.18 Å². The third-order valence-corrected chi connectivity index (χ3v) is 5.25. The van der Waals surface area contributed by atoms with Crippen LogP contribution in [0.2, 0.25) is 5.02 Å². The summed E-state index contributed by atoms with van der Waals surface area (Å²) in [6.45, 7) is 2.12. The van der Waals surface area contributed by atoms with Crippen molar-refractivity contribution in [2.24, 2.45) is 7.05 Å². The van der Waals surface area contributed by atoms with Crippen LogP contribution in [-0.2, 0) is 18.4 Å². The molecular weight excluding hydrogens is 447 g/mol. The van der Waals surface area contributed by atoms with Crippen molar-refractivity contribution < 1.29 is 18.7 Å². The number of hydrogen-bond acceptors (Lipinski definition) is 4. The molecule has 0 atom stereocenters. The predicted octanol–water partition coefficient (Wildman–Crippen LogP) is 5.68. The first-order valence-electron chi connectivity index (χ1n) is 10.0. The zero-order valence-electron chi connectivity index (χ0n) is 17.9. The lowest BCUT2D eigenvalue weighted by Crippen LogP contribution is -2.16. The maximum Gasteiger partial charge on any atom is 0.411 e. The first kappa shape index (κ1) is 22.3. The van der Waals surface area contributed by atoms with Crippen LogP contribution in [0, 0.1) is 12.7 Å². The van der Waals surface area contributed by atoms with E-state index in [4.69, 9.17) is 16.3 Å². The summed E-state index contributed by atoms with van der Waals surface area (Å²) in [4.78, 5) is 25.1. The van der Waals surface area contributed by atoms with Crippen LogP contribution >= 0.6 is 11.6 Å². The van der Waals surface area contributed by atoms with Crippen molar-refractivity contribution in [1.82, 2.24) is 9.78 Å². The van der Waals surface area contributed by atoms with E-state index in [1.807, 2.05) is 31.2 Å². The van der Waals surface area contributed by atoms with Crippen LogP contribution in [0.1, 0.15) is 21.6 Å². The molecule has 1 heterocycles. The molecule has 4 aromatic rings. The topological polar surface area (TPSA) is 85.2 Å². The van der Waals surface area contributed by atoms with E-state index in [0.29, 0.717) is 22.3 Å². The highest BCUT2D eigenvalue weighted by Crippen LogP contribution is 2.25. The second-order valence-corrected chi connectivity index (χ2v) is 7.88. The molecule has 33 heavy (non-hydrogen) atoms. The van der Waals surface area contributed by atoms with E-state index in [9.17, 15) is 14.0 Å². The van der Waals surface area contributed by atoms with Gasteiger partial charge in [0.05, 0.1) is 10.5 Å². The van der Waals surface area contributed by atoms with Gasteiger partial charge in [-0.2, -0.15) is 5.10 Å². The first-order chi connectivity index (χ1) is 15.8. The summed E-state index contributed by atoms with van der Waals surface area (Å²) in [5.41, 5.74) is 3.62. The standard InChI is InChI=1S/C24H20ClFN4O3/c1-14-3-5-15(6-4-14)13-33-24(32)28-16-8-10-21-18(11-16)22(30(2)29-21)23(31)27-17-7-9-20(26)19(25)12-17/h3-12H,13H2,1-2H3,(H,27,31)(H,28,32). The Balaban J connectivity index is 1.50. The molecule has 0 bridgehead atoms. The number of aromatic nitrogens is 2. The maximum absolute atomic E-state index is 13.4. The Kier molecular flexibility index (Phi) is 6.28. The zero-order chi connectivity index (χ0) is 23.5. The lowest BCUT2D eigenvalue weighted by molar-refractivity contribution is 0.101. The third kappa shape index (κ3) is 5.12. The molecule has 3 aromatic carbocycles. The molecule has 0 fully saturated rings. The molecule has 0 radical (unpaired) electrons. The Hall–Kier alpha value is -3.91. The van der Waals surface area contributed by atoms with Crippen molar-refractivity contribution in [3.63, 3.8) is 0 Å². The van der Waals surface area contributed by atoms with Crippen molar-refractivity contribution in [2.75, 3.05) is 10.6 Å². The van der Waals surface area contributed by atoms with Crippen molar-refractivity contribution in [2.45, 2.75) is 13.5 Å². The van der Waals surface area contributed by atoms with E-state index in [-0.39, 0.29) is 17.3 Å². The number of anilines is 2. The second-order valence-electron chi connectivity index (χ2n) is 7.47. The molecular formula is C24H20ClFN4O3. The fourth-order valence-corrected chi connectivity index (χ4v) is 3.48. The van der Waals surface area contributed by atoms with Crippen LogP contribution in [0.4, 0.5) is 20.6 Å². The molecule has 2 N–H and O–H groups in total. The van der Waals surface area contributed by atoms with Crippen LogP contribution in [-0.4, -0.2) is 21.8 Å². The van der Waals surface area contributed by atoms with Crippen molar-refractivity contribution in [1.29, 1.82) is 0 Å². The predicted molar refractivity (Wildman–Crippen MR) is 125 cm³/mol. The molecule has 0 aliphatic heterocycles. The van der Waals surface area contributed by atoms with Gasteiger partial charge < -0.3 is 10.1 Å². The summed E-state index contributed by atoms with van der Waals surface area (Å²) in [7, 11) is 1.63. The third-order valence-electron chi connectivity index (χ3n) is 4.96. The highest BCUT2D eigenvalue weighted by atomic mass is 35.5. The number of benzene rings is 3. The Bertz CT molecular complexity index is 1350. The maximum atomic E-state index is 13.4. The minimum atomic E-state index is -0.620. The molecule has 0 saturated heterocycles. The van der Waals surface area contributed by atoms with Gasteiger partial charge in [0.25, 0.3) is 5.91 Å². The monoisotopic (exact) mass is 466 g/mol. The quantitative estimate of drug-likeness (QED) is 0.396. The summed E-state index contributed by atoms with van der Waals surface area (Å²) in [5.74, 6) is -1.03. The number of nitrogens with one attached hydrogen (secondary N) is 2. The van der Waals surface area contributed by atoms with Gasteiger partial charge in [0.2, 0.25) is 0 Å². The van der Waals surface area contributed by atoms with Crippen LogP contribution < -0.4 is 10.6 Å². The Labute approximate surface area is 194 Å². The summed E-state index contributed by atoms with van der Waals surface area (Å²) in [6, 6.07) is 16.6. The van der Waals surface area contributed by atoms with E-state index < -0.39 is 17.8 Å². The van der Waals surface area contributed by atoms with Crippen LogP contribution in [0.3, 0.4) is 0 Å². The van der Waals surface area contributed by atoms with E-state index in [1.54, 1.807) is 25.2 Å². The molecule has 2 amide bonds. The SMILES string of the molecule is Cc1ccc(COC(=O)Nc2ccc3nn(C)c(C(=O)Nc4ccc(F)c(Cl)c4)c3c2)cc1. The summed E-state index contributed by atoms with van der Waals surface area (Å²) in [6.07, 6.45) is -0.620. The number of fused-ring (bicyclic) bond motifs is 1. The highest BCUT2D eigenvalue weighted by molar-refractivity contribution is 6.31. The summed E-state index contributed by atoms with van der Waals surface area (Å²) < 4.78 is 20.1. The number of hydrogen-bond donors (Lipinski definition) is 2. The minimum Gasteiger partial charge on any atom is -0.444 e. The van der Waals surface area contributed by atoms with E-state index >= 15 is 0 Å². The van der Waals surface area contributed by atoms with Gasteiger partial charge in [0, 0.05) is 23.8 Å². The molecule has 0 aliphatic carbocycles. The van der Waals surface area contributed by atoms with Gasteiger partial charge in [-0.3, -0.25) is 14.8 Å². The van der Waals surface area contributed by atoms with Gasteiger partial charge in [-0.15, -0.1) is 0 Å². The fourth-order valence-electron chi connectivity index (χ4n) is 3.30. The Morgan fingerprint density at radius 3 is 2.45 bits per heavy atom. The summed E-state index contributed by atoms with van der Waals surface area (Å²) >= 11 is 5.79. The highest BCUT2D eigenvalue weighted by Gasteiger charge is 2.18. The lowest BCUT2D eigenvalue weighted by atomic mass is 10.1. The number of carbonyl (C=O) groups is 2. The number of carbonyl (C=O) groups excluding carboxylic acids is 2. The second kappa shape index (κ2) is 9.30. The molecule has 0 spiro atoms. The van der Waals surface area contributed by atoms with Gasteiger partial charge in [0.15, 0.2) is 0 Å². The number of ether oxygens (including phenoxy) is 1. The Morgan fingerprint density at radius 1 is 1.03 bits per heavy atom. The normalized spacial score (nSPS) is 10.8. The molecule has 168 valence electrons. The molecule has 0 aliphatic rings. The number of halogens is 2. The fraction of sp³-hybridized carbons (Fsp3) is 0.125. The number of amides is 2. The van der Waals surface area contributed by atoms with Crippen molar-refractivity contribution in [3.8, 4) is 0 Å². The Morgan fingerprint density at radius 2 is 1.73 bits per heavy atom.